The summed E-state index contributed by atoms with van der Waals surface area (Å²) >= 11 is 0. The molecular formula is C40H33F5O. The van der Waals surface area contributed by atoms with E-state index in [9.17, 15) is 13.2 Å². The second-order valence-electron chi connectivity index (χ2n) is 11.0. The van der Waals surface area contributed by atoms with E-state index in [4.69, 9.17) is 4.74 Å². The first-order chi connectivity index (χ1) is 22.2. The van der Waals surface area contributed by atoms with Gasteiger partial charge in [-0.05, 0) is 102 Å². The summed E-state index contributed by atoms with van der Waals surface area (Å²) in [6.07, 6.45) is 5.25. The van der Waals surface area contributed by atoms with Crippen molar-refractivity contribution in [2.75, 3.05) is 0 Å². The Hall–Kier alpha value is -4.97. The van der Waals surface area contributed by atoms with Gasteiger partial charge in [0.1, 0.15) is 23.2 Å². The van der Waals surface area contributed by atoms with Crippen molar-refractivity contribution in [3.63, 3.8) is 0 Å². The zero-order valence-corrected chi connectivity index (χ0v) is 25.4. The van der Waals surface area contributed by atoms with Crippen LogP contribution in [0.5, 0.6) is 5.75 Å². The highest BCUT2D eigenvalue weighted by Gasteiger charge is 2.37. The molecule has 0 aromatic heterocycles. The maximum Gasteiger partial charge on any atom is 0.429 e. The summed E-state index contributed by atoms with van der Waals surface area (Å²) in [6, 6.07) is 25.8. The molecule has 0 spiro atoms. The van der Waals surface area contributed by atoms with Gasteiger partial charge in [0.05, 0.1) is 5.56 Å². The number of hydrogen-bond acceptors (Lipinski definition) is 1. The van der Waals surface area contributed by atoms with Gasteiger partial charge in [-0.2, -0.15) is 8.78 Å². The summed E-state index contributed by atoms with van der Waals surface area (Å²) in [5.41, 5.74) is 3.21. The first-order valence-electron chi connectivity index (χ1n) is 15.1. The third-order valence-electron chi connectivity index (χ3n) is 7.77. The van der Waals surface area contributed by atoms with E-state index in [1.54, 1.807) is 30.3 Å². The van der Waals surface area contributed by atoms with E-state index in [0.717, 1.165) is 48.6 Å². The highest BCUT2D eigenvalue weighted by Crippen LogP contribution is 2.37. The van der Waals surface area contributed by atoms with Crippen LogP contribution in [0.2, 0.25) is 0 Å². The largest absolute Gasteiger partial charge is 0.429 e. The molecule has 0 aliphatic carbocycles. The molecule has 0 bridgehead atoms. The monoisotopic (exact) mass is 624 g/mol. The van der Waals surface area contributed by atoms with Crippen LogP contribution >= 0.6 is 0 Å². The maximum absolute atomic E-state index is 15.3. The minimum absolute atomic E-state index is 0.0138. The van der Waals surface area contributed by atoms with Crippen LogP contribution in [-0.2, 0) is 19.0 Å². The molecule has 0 N–H and O–H groups in total. The standard InChI is InChI=1S/C40H33F5O/c1-3-5-7-9-28-10-14-29(15-11-28)30-16-21-34(37(41)24-30)31-17-22-35(38(42)25-31)32-18-23-36(39(43)26-32)40(44,45)46-33-19-12-27(13-20-33)8-6-4-2/h3-5,10-26H,2,6-9H2,1H3. The summed E-state index contributed by atoms with van der Waals surface area (Å²) in [5.74, 6) is -2.64. The molecule has 5 aromatic rings. The van der Waals surface area contributed by atoms with E-state index in [2.05, 4.69) is 12.7 Å². The first kappa shape index (κ1) is 32.4. The van der Waals surface area contributed by atoms with Gasteiger partial charge in [0.2, 0.25) is 0 Å². The summed E-state index contributed by atoms with van der Waals surface area (Å²) in [5, 5.41) is 0. The lowest BCUT2D eigenvalue weighted by Crippen LogP contribution is -2.23. The Balaban J connectivity index is 1.31. The number of allylic oxidation sites excluding steroid dienone is 3. The summed E-state index contributed by atoms with van der Waals surface area (Å²) in [4.78, 5) is 0. The van der Waals surface area contributed by atoms with Crippen LogP contribution in [0.1, 0.15) is 36.5 Å². The predicted octanol–water partition coefficient (Wildman–Crippen LogP) is 11.9. The number of halogens is 5. The summed E-state index contributed by atoms with van der Waals surface area (Å²) in [6.45, 7) is 5.65. The van der Waals surface area contributed by atoms with Crippen molar-refractivity contribution in [1.82, 2.24) is 0 Å². The van der Waals surface area contributed by atoms with Crippen LogP contribution in [0, 0.1) is 17.5 Å². The molecule has 0 aliphatic heterocycles. The van der Waals surface area contributed by atoms with Crippen LogP contribution < -0.4 is 4.74 Å². The molecular weight excluding hydrogens is 591 g/mol. The minimum atomic E-state index is -3.97. The Morgan fingerprint density at radius 3 is 1.67 bits per heavy atom. The van der Waals surface area contributed by atoms with Crippen LogP contribution in [0.15, 0.2) is 128 Å². The Labute approximate surface area is 266 Å². The molecule has 5 rings (SSSR count). The number of ether oxygens (including phenoxy) is 1. The first-order valence-corrected chi connectivity index (χ1v) is 15.1. The Kier molecular flexibility index (Phi) is 10.2. The number of aryl methyl sites for hydroxylation is 2. The van der Waals surface area contributed by atoms with Gasteiger partial charge in [0.15, 0.2) is 0 Å². The van der Waals surface area contributed by atoms with Gasteiger partial charge >= 0.3 is 6.11 Å². The summed E-state index contributed by atoms with van der Waals surface area (Å²) < 4.78 is 80.2. The molecule has 0 unspecified atom stereocenters. The molecule has 0 aliphatic rings. The van der Waals surface area contributed by atoms with Gasteiger partial charge in [-0.15, -0.1) is 6.58 Å². The topological polar surface area (TPSA) is 9.23 Å². The van der Waals surface area contributed by atoms with E-state index in [1.807, 2.05) is 37.3 Å². The fraction of sp³-hybridized carbons (Fsp3) is 0.150. The van der Waals surface area contributed by atoms with Gasteiger partial charge in [-0.1, -0.05) is 85.0 Å². The zero-order chi connectivity index (χ0) is 32.7. The lowest BCUT2D eigenvalue weighted by molar-refractivity contribution is -0.187. The van der Waals surface area contributed by atoms with E-state index in [-0.39, 0.29) is 28.0 Å². The van der Waals surface area contributed by atoms with Crippen LogP contribution in [0.4, 0.5) is 22.0 Å². The minimum Gasteiger partial charge on any atom is -0.429 e. The molecule has 0 saturated heterocycles. The average Bonchev–Trinajstić information content (AvgIpc) is 3.04. The van der Waals surface area contributed by atoms with Crippen LogP contribution in [0.25, 0.3) is 33.4 Å². The fourth-order valence-corrected chi connectivity index (χ4v) is 5.24. The Bertz CT molecular complexity index is 1840. The molecule has 46 heavy (non-hydrogen) atoms. The number of hydrogen-bond donors (Lipinski definition) is 0. The smallest absolute Gasteiger partial charge is 0.429 e. The van der Waals surface area contributed by atoms with Gasteiger partial charge in [-0.3, -0.25) is 0 Å². The third-order valence-corrected chi connectivity index (χ3v) is 7.77. The number of rotatable bonds is 12. The Morgan fingerprint density at radius 1 is 0.609 bits per heavy atom. The van der Waals surface area contributed by atoms with E-state index in [1.165, 1.54) is 42.0 Å². The van der Waals surface area contributed by atoms with Crippen LogP contribution in [-0.4, -0.2) is 0 Å². The fourth-order valence-electron chi connectivity index (χ4n) is 5.24. The van der Waals surface area contributed by atoms with Gasteiger partial charge in [-0.25, -0.2) is 13.2 Å². The van der Waals surface area contributed by atoms with Crippen molar-refractivity contribution in [3.8, 4) is 39.1 Å². The van der Waals surface area contributed by atoms with Crippen molar-refractivity contribution >= 4 is 0 Å². The van der Waals surface area contributed by atoms with E-state index >= 15 is 8.78 Å². The lowest BCUT2D eigenvalue weighted by atomic mass is 9.96. The molecule has 5 aromatic carbocycles. The molecule has 0 amide bonds. The van der Waals surface area contributed by atoms with E-state index < -0.39 is 29.1 Å². The highest BCUT2D eigenvalue weighted by molar-refractivity contribution is 5.74. The lowest BCUT2D eigenvalue weighted by Gasteiger charge is -2.19. The van der Waals surface area contributed by atoms with Crippen molar-refractivity contribution in [2.45, 2.75) is 38.7 Å². The van der Waals surface area contributed by atoms with Crippen LogP contribution in [0.3, 0.4) is 0 Å². The average molecular weight is 625 g/mol. The quantitative estimate of drug-likeness (QED) is 0.0991. The molecule has 0 atom stereocenters. The predicted molar refractivity (Wildman–Crippen MR) is 175 cm³/mol. The van der Waals surface area contributed by atoms with Gasteiger partial charge in [0, 0.05) is 11.1 Å². The zero-order valence-electron chi connectivity index (χ0n) is 25.4. The molecule has 234 valence electrons. The third kappa shape index (κ3) is 7.63. The van der Waals surface area contributed by atoms with Gasteiger partial charge < -0.3 is 4.74 Å². The second-order valence-corrected chi connectivity index (χ2v) is 11.0. The molecule has 6 heteroatoms. The normalized spacial score (nSPS) is 11.6. The Morgan fingerprint density at radius 2 is 1.11 bits per heavy atom. The van der Waals surface area contributed by atoms with E-state index in [0.29, 0.717) is 12.0 Å². The molecule has 0 radical (unpaired) electrons. The van der Waals surface area contributed by atoms with Crippen molar-refractivity contribution in [1.29, 1.82) is 0 Å². The summed E-state index contributed by atoms with van der Waals surface area (Å²) in [7, 11) is 0. The molecule has 0 fully saturated rings. The van der Waals surface area contributed by atoms with Crippen molar-refractivity contribution in [3.05, 3.63) is 162 Å². The molecule has 0 saturated carbocycles. The highest BCUT2D eigenvalue weighted by atomic mass is 19.3. The SMILES string of the molecule is C=CCCc1ccc(OC(F)(F)c2ccc(-c3ccc(-c4ccc(-c5ccc(CCC=CC)cc5)cc4F)cc3F)cc2F)cc1. The number of benzene rings is 5. The maximum atomic E-state index is 15.3. The molecule has 1 nitrogen and oxygen atoms in total. The second kappa shape index (κ2) is 14.4. The molecule has 0 heterocycles. The van der Waals surface area contributed by atoms with Gasteiger partial charge in [0.25, 0.3) is 0 Å². The van der Waals surface area contributed by atoms with Crippen molar-refractivity contribution < 1.29 is 26.7 Å². The number of alkyl halides is 2. The van der Waals surface area contributed by atoms with Crippen molar-refractivity contribution in [2.24, 2.45) is 0 Å².